The molecule has 3 rings (SSSR count). The summed E-state index contributed by atoms with van der Waals surface area (Å²) in [6.07, 6.45) is 2.80. The van der Waals surface area contributed by atoms with Gasteiger partial charge in [-0.05, 0) is 43.0 Å². The van der Waals surface area contributed by atoms with Crippen molar-refractivity contribution in [2.75, 3.05) is 27.3 Å². The number of carbonyl (C=O) groups is 2. The maximum absolute atomic E-state index is 12.6. The molecule has 29 heavy (non-hydrogen) atoms. The number of carbonyl (C=O) groups excluding carboxylic acids is 2. The van der Waals surface area contributed by atoms with E-state index in [0.717, 1.165) is 19.3 Å². The zero-order chi connectivity index (χ0) is 20.6. The molecule has 1 saturated heterocycles. The second kappa shape index (κ2) is 9.96. The number of ether oxygens (including phenoxy) is 2. The van der Waals surface area contributed by atoms with Crippen LogP contribution >= 0.6 is 0 Å². The smallest absolute Gasteiger partial charge is 0.251 e. The van der Waals surface area contributed by atoms with Gasteiger partial charge >= 0.3 is 0 Å². The molecule has 0 aromatic heterocycles. The number of amides is 2. The summed E-state index contributed by atoms with van der Waals surface area (Å²) in [7, 11) is 3.11. The van der Waals surface area contributed by atoms with E-state index in [1.165, 1.54) is 5.56 Å². The van der Waals surface area contributed by atoms with Gasteiger partial charge in [-0.1, -0.05) is 30.3 Å². The number of nitrogens with zero attached hydrogens (tertiary/aromatic N) is 1. The van der Waals surface area contributed by atoms with E-state index in [0.29, 0.717) is 36.6 Å². The number of hydrogen-bond acceptors (Lipinski definition) is 4. The molecule has 0 atom stereocenters. The predicted octanol–water partition coefficient (Wildman–Crippen LogP) is 3.06. The quantitative estimate of drug-likeness (QED) is 0.781. The molecule has 2 amide bonds. The number of aryl methyl sites for hydroxylation is 1. The summed E-state index contributed by atoms with van der Waals surface area (Å²) in [4.78, 5) is 26.9. The highest BCUT2D eigenvalue weighted by atomic mass is 16.5. The van der Waals surface area contributed by atoms with Crippen LogP contribution in [0.5, 0.6) is 11.5 Å². The van der Waals surface area contributed by atoms with Gasteiger partial charge in [0, 0.05) is 31.1 Å². The lowest BCUT2D eigenvalue weighted by molar-refractivity contribution is -0.132. The first kappa shape index (κ1) is 20.7. The third kappa shape index (κ3) is 5.50. The van der Waals surface area contributed by atoms with Crippen molar-refractivity contribution in [2.45, 2.75) is 31.7 Å². The Morgan fingerprint density at radius 2 is 1.69 bits per heavy atom. The Morgan fingerprint density at radius 1 is 1.00 bits per heavy atom. The minimum absolute atomic E-state index is 0.0637. The van der Waals surface area contributed by atoms with E-state index in [1.807, 2.05) is 35.2 Å². The SMILES string of the molecule is COc1ccc(C(=O)NC2CCN(C(=O)CCc3ccccc3)CC2)cc1OC. The molecule has 1 heterocycles. The van der Waals surface area contributed by atoms with Crippen LogP contribution in [0.1, 0.15) is 35.2 Å². The van der Waals surface area contributed by atoms with Crippen LogP contribution in [0.25, 0.3) is 0 Å². The molecule has 0 spiro atoms. The van der Waals surface area contributed by atoms with E-state index in [9.17, 15) is 9.59 Å². The maximum atomic E-state index is 12.6. The molecule has 6 nitrogen and oxygen atoms in total. The van der Waals surface area contributed by atoms with Gasteiger partial charge in [0.2, 0.25) is 5.91 Å². The second-order valence-corrected chi connectivity index (χ2v) is 7.18. The number of rotatable bonds is 7. The fourth-order valence-electron chi connectivity index (χ4n) is 3.57. The largest absolute Gasteiger partial charge is 0.493 e. The van der Waals surface area contributed by atoms with Gasteiger partial charge in [-0.15, -0.1) is 0 Å². The number of likely N-dealkylation sites (tertiary alicyclic amines) is 1. The van der Waals surface area contributed by atoms with Crippen LogP contribution in [0.15, 0.2) is 48.5 Å². The minimum Gasteiger partial charge on any atom is -0.493 e. The van der Waals surface area contributed by atoms with Gasteiger partial charge in [0.15, 0.2) is 11.5 Å². The van der Waals surface area contributed by atoms with E-state index in [1.54, 1.807) is 32.4 Å². The molecule has 0 saturated carbocycles. The minimum atomic E-state index is -0.139. The Balaban J connectivity index is 1.47. The first-order chi connectivity index (χ1) is 14.1. The molecule has 0 aliphatic carbocycles. The predicted molar refractivity (Wildman–Crippen MR) is 111 cm³/mol. The Kier molecular flexibility index (Phi) is 7.11. The Labute approximate surface area is 171 Å². The molecule has 0 bridgehead atoms. The van der Waals surface area contributed by atoms with Crippen LogP contribution in [-0.2, 0) is 11.2 Å². The van der Waals surface area contributed by atoms with Gasteiger partial charge in [0.05, 0.1) is 14.2 Å². The molecule has 0 radical (unpaired) electrons. The number of benzene rings is 2. The van der Waals surface area contributed by atoms with Crippen LogP contribution in [-0.4, -0.2) is 50.1 Å². The molecule has 0 unspecified atom stereocenters. The van der Waals surface area contributed by atoms with E-state index in [4.69, 9.17) is 9.47 Å². The summed E-state index contributed by atoms with van der Waals surface area (Å²) in [6.45, 7) is 1.34. The first-order valence-electron chi connectivity index (χ1n) is 9.95. The van der Waals surface area contributed by atoms with Crippen LogP contribution in [0.4, 0.5) is 0 Å². The lowest BCUT2D eigenvalue weighted by atomic mass is 10.0. The average molecular weight is 396 g/mol. The van der Waals surface area contributed by atoms with Gasteiger partial charge in [0.1, 0.15) is 0 Å². The summed E-state index contributed by atoms with van der Waals surface area (Å²) in [5, 5.41) is 3.07. The van der Waals surface area contributed by atoms with Gasteiger partial charge in [0.25, 0.3) is 5.91 Å². The highest BCUT2D eigenvalue weighted by Crippen LogP contribution is 2.27. The fourth-order valence-corrected chi connectivity index (χ4v) is 3.57. The van der Waals surface area contributed by atoms with Crippen LogP contribution in [0, 0.1) is 0 Å². The molecule has 1 aliphatic heterocycles. The van der Waals surface area contributed by atoms with Crippen molar-refractivity contribution in [3.8, 4) is 11.5 Å². The van der Waals surface area contributed by atoms with Crippen molar-refractivity contribution >= 4 is 11.8 Å². The third-order valence-corrected chi connectivity index (χ3v) is 5.30. The third-order valence-electron chi connectivity index (χ3n) is 5.30. The zero-order valence-corrected chi connectivity index (χ0v) is 17.0. The monoisotopic (exact) mass is 396 g/mol. The maximum Gasteiger partial charge on any atom is 0.251 e. The van der Waals surface area contributed by atoms with Crippen molar-refractivity contribution in [2.24, 2.45) is 0 Å². The molecule has 2 aromatic carbocycles. The van der Waals surface area contributed by atoms with Crippen molar-refractivity contribution in [3.63, 3.8) is 0 Å². The lowest BCUT2D eigenvalue weighted by Gasteiger charge is -2.32. The fraction of sp³-hybridized carbons (Fsp3) is 0.391. The zero-order valence-electron chi connectivity index (χ0n) is 17.0. The summed E-state index contributed by atoms with van der Waals surface area (Å²) in [6, 6.07) is 15.2. The molecule has 154 valence electrons. The number of methoxy groups -OCH3 is 2. The van der Waals surface area contributed by atoms with Crippen LogP contribution in [0.3, 0.4) is 0 Å². The highest BCUT2D eigenvalue weighted by molar-refractivity contribution is 5.95. The molecule has 1 aliphatic rings. The van der Waals surface area contributed by atoms with E-state index in [2.05, 4.69) is 5.32 Å². The summed E-state index contributed by atoms with van der Waals surface area (Å²) < 4.78 is 10.5. The normalized spacial score (nSPS) is 14.3. The first-order valence-corrected chi connectivity index (χ1v) is 9.95. The Hall–Kier alpha value is -3.02. The topological polar surface area (TPSA) is 67.9 Å². The summed E-state index contributed by atoms with van der Waals surface area (Å²) in [5.74, 6) is 1.16. The van der Waals surface area contributed by atoms with Crippen molar-refractivity contribution in [1.82, 2.24) is 10.2 Å². The highest BCUT2D eigenvalue weighted by Gasteiger charge is 2.24. The van der Waals surface area contributed by atoms with Crippen molar-refractivity contribution in [1.29, 1.82) is 0 Å². The number of piperidine rings is 1. The molecular formula is C23H28N2O4. The van der Waals surface area contributed by atoms with Gasteiger partial charge in [-0.3, -0.25) is 9.59 Å². The molecule has 1 fully saturated rings. The van der Waals surface area contributed by atoms with Crippen LogP contribution < -0.4 is 14.8 Å². The molecule has 2 aromatic rings. The Morgan fingerprint density at radius 3 is 2.34 bits per heavy atom. The van der Waals surface area contributed by atoms with Gasteiger partial charge in [-0.2, -0.15) is 0 Å². The van der Waals surface area contributed by atoms with Crippen LogP contribution in [0.2, 0.25) is 0 Å². The molecule has 6 heteroatoms. The summed E-state index contributed by atoms with van der Waals surface area (Å²) in [5.41, 5.74) is 1.71. The number of nitrogens with one attached hydrogen (secondary N) is 1. The number of hydrogen-bond donors (Lipinski definition) is 1. The van der Waals surface area contributed by atoms with Crippen molar-refractivity contribution in [3.05, 3.63) is 59.7 Å². The Bertz CT molecular complexity index is 830. The lowest BCUT2D eigenvalue weighted by Crippen LogP contribution is -2.46. The van der Waals surface area contributed by atoms with Crippen molar-refractivity contribution < 1.29 is 19.1 Å². The van der Waals surface area contributed by atoms with E-state index < -0.39 is 0 Å². The average Bonchev–Trinajstić information content (AvgIpc) is 2.78. The van der Waals surface area contributed by atoms with E-state index >= 15 is 0 Å². The standard InChI is InChI=1S/C23H28N2O4/c1-28-20-10-9-18(16-21(20)29-2)23(27)24-19-12-14-25(15-13-19)22(26)11-8-17-6-4-3-5-7-17/h3-7,9-10,16,19H,8,11-15H2,1-2H3,(H,24,27). The molecular weight excluding hydrogens is 368 g/mol. The van der Waals surface area contributed by atoms with Gasteiger partial charge in [-0.25, -0.2) is 0 Å². The second-order valence-electron chi connectivity index (χ2n) is 7.18. The summed E-state index contributed by atoms with van der Waals surface area (Å²) >= 11 is 0. The van der Waals surface area contributed by atoms with Gasteiger partial charge < -0.3 is 19.7 Å². The van der Waals surface area contributed by atoms with E-state index in [-0.39, 0.29) is 17.9 Å². The molecule has 1 N–H and O–H groups in total.